The van der Waals surface area contributed by atoms with Gasteiger partial charge in [-0.1, -0.05) is 23.7 Å². The number of carbonyl (C=O) groups excluding carboxylic acids is 1. The number of halogens is 2. The van der Waals surface area contributed by atoms with Crippen molar-refractivity contribution in [3.05, 3.63) is 52.8 Å². The summed E-state index contributed by atoms with van der Waals surface area (Å²) < 4.78 is 24.6. The van der Waals surface area contributed by atoms with Crippen LogP contribution in [0.3, 0.4) is 0 Å². The highest BCUT2D eigenvalue weighted by atomic mass is 35.5. The number of benzene rings is 2. The Labute approximate surface area is 156 Å². The summed E-state index contributed by atoms with van der Waals surface area (Å²) in [5, 5.41) is 0.474. The monoisotopic (exact) mass is 378 g/mol. The maximum Gasteiger partial charge on any atom is 0.256 e. The van der Waals surface area contributed by atoms with Crippen molar-refractivity contribution >= 4 is 23.2 Å². The maximum atomic E-state index is 13.9. The molecule has 2 aromatic carbocycles. The predicted molar refractivity (Wildman–Crippen MR) is 99.1 cm³/mol. The van der Waals surface area contributed by atoms with Crippen LogP contribution < -0.4 is 14.4 Å². The van der Waals surface area contributed by atoms with E-state index in [2.05, 4.69) is 4.90 Å². The fraction of sp³-hybridized carbons (Fsp3) is 0.316. The molecule has 1 heterocycles. The number of carbonyl (C=O) groups is 1. The van der Waals surface area contributed by atoms with E-state index >= 15 is 0 Å². The summed E-state index contributed by atoms with van der Waals surface area (Å²) in [6.45, 7) is 2.17. The number of nitrogens with zero attached hydrogens (tertiary/aromatic N) is 2. The lowest BCUT2D eigenvalue weighted by Gasteiger charge is -2.36. The molecule has 3 rings (SSSR count). The molecular weight excluding hydrogens is 359 g/mol. The average molecular weight is 379 g/mol. The SMILES string of the molecule is COc1cc(N2CCN(C(=O)c3ccccc3F)CC2)c(OC)cc1Cl. The van der Waals surface area contributed by atoms with E-state index in [0.29, 0.717) is 42.7 Å². The van der Waals surface area contributed by atoms with Crippen LogP contribution in [0.5, 0.6) is 11.5 Å². The zero-order chi connectivity index (χ0) is 18.7. The lowest BCUT2D eigenvalue weighted by Crippen LogP contribution is -2.49. The molecule has 0 aliphatic carbocycles. The molecule has 1 aliphatic heterocycles. The van der Waals surface area contributed by atoms with Crippen molar-refractivity contribution in [1.29, 1.82) is 0 Å². The second kappa shape index (κ2) is 7.83. The highest BCUT2D eigenvalue weighted by Gasteiger charge is 2.26. The molecule has 1 fully saturated rings. The van der Waals surface area contributed by atoms with Gasteiger partial charge in [0, 0.05) is 38.3 Å². The molecule has 138 valence electrons. The molecule has 0 bridgehead atoms. The predicted octanol–water partition coefficient (Wildman–Crippen LogP) is 3.46. The van der Waals surface area contributed by atoms with Crippen molar-refractivity contribution in [3.8, 4) is 11.5 Å². The number of rotatable bonds is 4. The topological polar surface area (TPSA) is 42.0 Å². The van der Waals surface area contributed by atoms with Gasteiger partial charge in [-0.05, 0) is 12.1 Å². The highest BCUT2D eigenvalue weighted by Crippen LogP contribution is 2.38. The third-order valence-electron chi connectivity index (χ3n) is 4.47. The lowest BCUT2D eigenvalue weighted by molar-refractivity contribution is 0.0742. The molecule has 0 radical (unpaired) electrons. The van der Waals surface area contributed by atoms with Crippen molar-refractivity contribution in [1.82, 2.24) is 4.90 Å². The molecule has 0 spiro atoms. The van der Waals surface area contributed by atoms with Gasteiger partial charge in [0.15, 0.2) is 0 Å². The zero-order valence-corrected chi connectivity index (χ0v) is 15.4. The van der Waals surface area contributed by atoms with Gasteiger partial charge in [0.25, 0.3) is 5.91 Å². The Bertz CT molecular complexity index is 807. The number of anilines is 1. The first-order valence-electron chi connectivity index (χ1n) is 8.25. The fourth-order valence-electron chi connectivity index (χ4n) is 3.05. The minimum Gasteiger partial charge on any atom is -0.495 e. The van der Waals surface area contributed by atoms with Gasteiger partial charge in [-0.25, -0.2) is 4.39 Å². The lowest BCUT2D eigenvalue weighted by atomic mass is 10.1. The Morgan fingerprint density at radius 2 is 1.69 bits per heavy atom. The number of hydrogen-bond donors (Lipinski definition) is 0. The van der Waals surface area contributed by atoms with E-state index in [9.17, 15) is 9.18 Å². The van der Waals surface area contributed by atoms with Gasteiger partial charge in [-0.15, -0.1) is 0 Å². The summed E-state index contributed by atoms with van der Waals surface area (Å²) in [5.74, 6) is 0.421. The van der Waals surface area contributed by atoms with Crippen LogP contribution in [0, 0.1) is 5.82 Å². The summed E-state index contributed by atoms with van der Waals surface area (Å²) in [5.41, 5.74) is 0.957. The van der Waals surface area contributed by atoms with Crippen LogP contribution in [-0.4, -0.2) is 51.2 Å². The first-order valence-corrected chi connectivity index (χ1v) is 8.63. The van der Waals surface area contributed by atoms with Gasteiger partial charge >= 0.3 is 0 Å². The van der Waals surface area contributed by atoms with Crippen LogP contribution >= 0.6 is 11.6 Å². The molecule has 0 aromatic heterocycles. The van der Waals surface area contributed by atoms with Gasteiger partial charge < -0.3 is 19.3 Å². The van der Waals surface area contributed by atoms with Crippen molar-refractivity contribution in [2.75, 3.05) is 45.3 Å². The highest BCUT2D eigenvalue weighted by molar-refractivity contribution is 6.32. The van der Waals surface area contributed by atoms with E-state index in [-0.39, 0.29) is 11.5 Å². The summed E-state index contributed by atoms with van der Waals surface area (Å²) in [6, 6.07) is 9.59. The smallest absolute Gasteiger partial charge is 0.256 e. The van der Waals surface area contributed by atoms with Crippen molar-refractivity contribution in [2.45, 2.75) is 0 Å². The summed E-state index contributed by atoms with van der Waals surface area (Å²) in [7, 11) is 3.14. The van der Waals surface area contributed by atoms with Crippen LogP contribution in [0.25, 0.3) is 0 Å². The standard InChI is InChI=1S/C19H20ClFN2O3/c1-25-17-12-16(18(26-2)11-14(17)20)22-7-9-23(10-8-22)19(24)13-5-3-4-6-15(13)21/h3-6,11-12H,7-10H2,1-2H3. The molecule has 0 N–H and O–H groups in total. The van der Waals surface area contributed by atoms with Crippen molar-refractivity contribution in [3.63, 3.8) is 0 Å². The summed E-state index contributed by atoms with van der Waals surface area (Å²) >= 11 is 6.15. The van der Waals surface area contributed by atoms with E-state index in [1.807, 2.05) is 6.07 Å². The van der Waals surface area contributed by atoms with Crippen molar-refractivity contribution < 1.29 is 18.7 Å². The van der Waals surface area contributed by atoms with Gasteiger partial charge in [0.1, 0.15) is 17.3 Å². The Morgan fingerprint density at radius 3 is 2.31 bits per heavy atom. The van der Waals surface area contributed by atoms with Crippen LogP contribution in [0.4, 0.5) is 10.1 Å². The zero-order valence-electron chi connectivity index (χ0n) is 14.7. The van der Waals surface area contributed by atoms with E-state index < -0.39 is 5.82 Å². The Hall–Kier alpha value is -2.47. The maximum absolute atomic E-state index is 13.9. The van der Waals surface area contributed by atoms with Gasteiger partial charge in [-0.3, -0.25) is 4.79 Å². The number of piperazine rings is 1. The van der Waals surface area contributed by atoms with Crippen LogP contribution in [-0.2, 0) is 0 Å². The summed E-state index contributed by atoms with van der Waals surface area (Å²) in [6.07, 6.45) is 0. The molecule has 1 amide bonds. The second-order valence-corrected chi connectivity index (χ2v) is 6.32. The van der Waals surface area contributed by atoms with Gasteiger partial charge in [-0.2, -0.15) is 0 Å². The minimum absolute atomic E-state index is 0.103. The first kappa shape index (κ1) is 18.3. The van der Waals surface area contributed by atoms with Gasteiger partial charge in [0.05, 0.1) is 30.5 Å². The molecule has 7 heteroatoms. The number of ether oxygens (including phenoxy) is 2. The second-order valence-electron chi connectivity index (χ2n) is 5.92. The molecular formula is C19H20ClFN2O3. The molecule has 1 aliphatic rings. The number of amides is 1. The molecule has 0 atom stereocenters. The number of hydrogen-bond acceptors (Lipinski definition) is 4. The largest absolute Gasteiger partial charge is 0.495 e. The molecule has 1 saturated heterocycles. The quantitative estimate of drug-likeness (QED) is 0.817. The Kier molecular flexibility index (Phi) is 5.52. The molecule has 2 aromatic rings. The Morgan fingerprint density at radius 1 is 1.04 bits per heavy atom. The van der Waals surface area contributed by atoms with Crippen LogP contribution in [0.2, 0.25) is 5.02 Å². The molecule has 0 unspecified atom stereocenters. The molecule has 26 heavy (non-hydrogen) atoms. The van der Waals surface area contributed by atoms with Crippen LogP contribution in [0.15, 0.2) is 36.4 Å². The fourth-order valence-corrected chi connectivity index (χ4v) is 3.28. The third-order valence-corrected chi connectivity index (χ3v) is 4.76. The summed E-state index contributed by atoms with van der Waals surface area (Å²) in [4.78, 5) is 16.3. The van der Waals surface area contributed by atoms with Crippen LogP contribution in [0.1, 0.15) is 10.4 Å². The average Bonchev–Trinajstić information content (AvgIpc) is 2.67. The minimum atomic E-state index is -0.496. The van der Waals surface area contributed by atoms with E-state index in [1.54, 1.807) is 37.3 Å². The molecule has 0 saturated carbocycles. The molecule has 5 nitrogen and oxygen atoms in total. The van der Waals surface area contributed by atoms with E-state index in [1.165, 1.54) is 12.1 Å². The normalized spacial score (nSPS) is 14.3. The van der Waals surface area contributed by atoms with Crippen molar-refractivity contribution in [2.24, 2.45) is 0 Å². The van der Waals surface area contributed by atoms with E-state index in [0.717, 1.165) is 5.69 Å². The number of methoxy groups -OCH3 is 2. The van der Waals surface area contributed by atoms with Gasteiger partial charge in [0.2, 0.25) is 0 Å². The third kappa shape index (κ3) is 3.55. The Balaban J connectivity index is 1.75. The van der Waals surface area contributed by atoms with E-state index in [4.69, 9.17) is 21.1 Å². The first-order chi connectivity index (χ1) is 12.5.